The summed E-state index contributed by atoms with van der Waals surface area (Å²) in [6, 6.07) is 14.8. The van der Waals surface area contributed by atoms with E-state index in [1.54, 1.807) is 24.3 Å². The first kappa shape index (κ1) is 19.6. The van der Waals surface area contributed by atoms with E-state index in [1.165, 1.54) is 18.7 Å². The minimum atomic E-state index is -0.135. The summed E-state index contributed by atoms with van der Waals surface area (Å²) >= 11 is 1.18. The number of carbonyl (C=O) groups is 2. The zero-order chi connectivity index (χ0) is 19.9. The molecule has 0 bridgehead atoms. The second-order valence-corrected chi connectivity index (χ2v) is 6.91. The Morgan fingerprint density at radius 1 is 1.04 bits per heavy atom. The summed E-state index contributed by atoms with van der Waals surface area (Å²) in [5.41, 5.74) is 3.33. The van der Waals surface area contributed by atoms with E-state index in [4.69, 9.17) is 4.42 Å². The van der Waals surface area contributed by atoms with Crippen LogP contribution in [0.5, 0.6) is 0 Å². The number of rotatable bonds is 7. The van der Waals surface area contributed by atoms with Crippen molar-refractivity contribution < 1.29 is 14.0 Å². The average molecular weight is 396 g/mol. The van der Waals surface area contributed by atoms with Gasteiger partial charge in [-0.25, -0.2) is 0 Å². The molecule has 0 atom stereocenters. The van der Waals surface area contributed by atoms with Crippen LogP contribution in [-0.4, -0.2) is 27.8 Å². The van der Waals surface area contributed by atoms with Gasteiger partial charge in [-0.3, -0.25) is 9.59 Å². The van der Waals surface area contributed by atoms with Crippen LogP contribution in [0.1, 0.15) is 19.4 Å². The maximum Gasteiger partial charge on any atom is 0.277 e. The fourth-order valence-corrected chi connectivity index (χ4v) is 3.11. The van der Waals surface area contributed by atoms with Crippen LogP contribution >= 0.6 is 11.8 Å². The Kier molecular flexibility index (Phi) is 6.44. The Hall–Kier alpha value is -3.13. The lowest BCUT2D eigenvalue weighted by molar-refractivity contribution is -0.114. The Bertz CT molecular complexity index is 970. The lowest BCUT2D eigenvalue weighted by atomic mass is 10.1. The van der Waals surface area contributed by atoms with Gasteiger partial charge in [-0.05, 0) is 42.3 Å². The van der Waals surface area contributed by atoms with E-state index in [2.05, 4.69) is 20.8 Å². The number of nitrogens with one attached hydrogen (secondary N) is 2. The highest BCUT2D eigenvalue weighted by atomic mass is 32.2. The summed E-state index contributed by atoms with van der Waals surface area (Å²) in [6.45, 7) is 3.49. The van der Waals surface area contributed by atoms with Crippen LogP contribution in [-0.2, 0) is 16.0 Å². The molecule has 7 nitrogen and oxygen atoms in total. The number of para-hydroxylation sites is 1. The first-order valence-corrected chi connectivity index (χ1v) is 9.76. The molecular formula is C20H20N4O3S. The van der Waals surface area contributed by atoms with Gasteiger partial charge in [0, 0.05) is 23.9 Å². The molecule has 3 rings (SSSR count). The average Bonchev–Trinajstić information content (AvgIpc) is 3.16. The Labute approximate surface area is 166 Å². The van der Waals surface area contributed by atoms with E-state index >= 15 is 0 Å². The molecule has 0 saturated carbocycles. The number of hydrogen-bond donors (Lipinski definition) is 2. The standard InChI is InChI=1S/C20H20N4O3S/c1-3-14-6-4-5-7-17(14)22-18(26)12-28-20-24-23-19(27-20)15-8-10-16(11-9-15)21-13(2)25/h4-11H,3,12H2,1-2H3,(H,21,25)(H,22,26). The Morgan fingerprint density at radius 2 is 1.79 bits per heavy atom. The van der Waals surface area contributed by atoms with Crippen LogP contribution in [0.2, 0.25) is 0 Å². The van der Waals surface area contributed by atoms with Crippen molar-refractivity contribution in [1.82, 2.24) is 10.2 Å². The van der Waals surface area contributed by atoms with Crippen LogP contribution in [0.3, 0.4) is 0 Å². The molecule has 0 aliphatic carbocycles. The van der Waals surface area contributed by atoms with Gasteiger partial charge in [0.1, 0.15) is 0 Å². The van der Waals surface area contributed by atoms with Gasteiger partial charge in [0.05, 0.1) is 5.75 Å². The third-order valence-corrected chi connectivity index (χ3v) is 4.68. The minimum absolute atomic E-state index is 0.134. The lowest BCUT2D eigenvalue weighted by Gasteiger charge is -2.08. The molecule has 0 aliphatic rings. The third-order valence-electron chi connectivity index (χ3n) is 3.86. The topological polar surface area (TPSA) is 97.1 Å². The normalized spacial score (nSPS) is 10.5. The van der Waals surface area contributed by atoms with Crippen LogP contribution in [0, 0.1) is 0 Å². The van der Waals surface area contributed by atoms with Crippen molar-refractivity contribution in [3.63, 3.8) is 0 Å². The van der Waals surface area contributed by atoms with Crippen LogP contribution in [0.25, 0.3) is 11.5 Å². The number of carbonyl (C=O) groups excluding carboxylic acids is 2. The highest BCUT2D eigenvalue weighted by Gasteiger charge is 2.12. The van der Waals surface area contributed by atoms with E-state index in [-0.39, 0.29) is 17.6 Å². The van der Waals surface area contributed by atoms with Gasteiger partial charge in [-0.1, -0.05) is 36.9 Å². The predicted molar refractivity (Wildman–Crippen MR) is 109 cm³/mol. The molecule has 0 unspecified atom stereocenters. The van der Waals surface area contributed by atoms with Crippen molar-refractivity contribution in [2.45, 2.75) is 25.5 Å². The third kappa shape index (κ3) is 5.20. The second-order valence-electron chi connectivity index (χ2n) is 5.98. The fourth-order valence-electron chi connectivity index (χ4n) is 2.55. The van der Waals surface area contributed by atoms with Gasteiger partial charge in [0.2, 0.25) is 17.7 Å². The van der Waals surface area contributed by atoms with Crippen molar-refractivity contribution in [3.8, 4) is 11.5 Å². The molecule has 0 fully saturated rings. The quantitative estimate of drug-likeness (QED) is 0.586. The highest BCUT2D eigenvalue weighted by molar-refractivity contribution is 7.99. The monoisotopic (exact) mass is 396 g/mol. The van der Waals surface area contributed by atoms with Gasteiger partial charge in [-0.15, -0.1) is 10.2 Å². The minimum Gasteiger partial charge on any atom is -0.411 e. The first-order valence-electron chi connectivity index (χ1n) is 8.77. The van der Waals surface area contributed by atoms with Crippen LogP contribution < -0.4 is 10.6 Å². The maximum atomic E-state index is 12.2. The predicted octanol–water partition coefficient (Wildman–Crippen LogP) is 3.99. The van der Waals surface area contributed by atoms with E-state index in [0.29, 0.717) is 16.8 Å². The number of aromatic nitrogens is 2. The van der Waals surface area contributed by atoms with Gasteiger partial charge in [-0.2, -0.15) is 0 Å². The fraction of sp³-hybridized carbons (Fsp3) is 0.200. The summed E-state index contributed by atoms with van der Waals surface area (Å²) in [7, 11) is 0. The Morgan fingerprint density at radius 3 is 2.50 bits per heavy atom. The summed E-state index contributed by atoms with van der Waals surface area (Å²) in [6.07, 6.45) is 0.845. The molecule has 144 valence electrons. The molecule has 0 saturated heterocycles. The molecule has 8 heteroatoms. The van der Waals surface area contributed by atoms with E-state index in [1.807, 2.05) is 31.2 Å². The lowest BCUT2D eigenvalue weighted by Crippen LogP contribution is -2.15. The number of benzene rings is 2. The molecule has 0 aliphatic heterocycles. The zero-order valence-corrected chi connectivity index (χ0v) is 16.4. The van der Waals surface area contributed by atoms with Crippen molar-refractivity contribution >= 4 is 35.0 Å². The molecular weight excluding hydrogens is 376 g/mol. The van der Waals surface area contributed by atoms with Crippen molar-refractivity contribution in [2.75, 3.05) is 16.4 Å². The number of anilines is 2. The molecule has 1 heterocycles. The molecule has 0 radical (unpaired) electrons. The summed E-state index contributed by atoms with van der Waals surface area (Å²) < 4.78 is 5.61. The first-order chi connectivity index (χ1) is 13.5. The molecule has 2 amide bonds. The smallest absolute Gasteiger partial charge is 0.277 e. The highest BCUT2D eigenvalue weighted by Crippen LogP contribution is 2.24. The van der Waals surface area contributed by atoms with Crippen molar-refractivity contribution in [2.24, 2.45) is 0 Å². The van der Waals surface area contributed by atoms with E-state index < -0.39 is 0 Å². The molecule has 28 heavy (non-hydrogen) atoms. The molecule has 3 aromatic rings. The van der Waals surface area contributed by atoms with Gasteiger partial charge in [0.15, 0.2) is 0 Å². The van der Waals surface area contributed by atoms with Crippen molar-refractivity contribution in [3.05, 3.63) is 54.1 Å². The van der Waals surface area contributed by atoms with Crippen molar-refractivity contribution in [1.29, 1.82) is 0 Å². The van der Waals surface area contributed by atoms with Gasteiger partial charge in [0.25, 0.3) is 5.22 Å². The largest absolute Gasteiger partial charge is 0.411 e. The number of hydrogen-bond acceptors (Lipinski definition) is 6. The summed E-state index contributed by atoms with van der Waals surface area (Å²) in [5, 5.41) is 13.9. The van der Waals surface area contributed by atoms with Gasteiger partial charge >= 0.3 is 0 Å². The van der Waals surface area contributed by atoms with E-state index in [9.17, 15) is 9.59 Å². The number of nitrogens with zero attached hydrogens (tertiary/aromatic N) is 2. The number of thioether (sulfide) groups is 1. The van der Waals surface area contributed by atoms with Crippen LogP contribution in [0.15, 0.2) is 58.2 Å². The number of amides is 2. The molecule has 2 N–H and O–H groups in total. The Balaban J connectivity index is 1.57. The SMILES string of the molecule is CCc1ccccc1NC(=O)CSc1nnc(-c2ccc(NC(C)=O)cc2)o1. The summed E-state index contributed by atoms with van der Waals surface area (Å²) in [4.78, 5) is 23.3. The number of aryl methyl sites for hydroxylation is 1. The molecule has 0 spiro atoms. The maximum absolute atomic E-state index is 12.2. The zero-order valence-electron chi connectivity index (χ0n) is 15.6. The van der Waals surface area contributed by atoms with Crippen LogP contribution in [0.4, 0.5) is 11.4 Å². The molecule has 2 aromatic carbocycles. The second kappa shape index (κ2) is 9.18. The molecule has 1 aromatic heterocycles. The van der Waals surface area contributed by atoms with E-state index in [0.717, 1.165) is 23.2 Å². The van der Waals surface area contributed by atoms with Gasteiger partial charge < -0.3 is 15.1 Å². The summed E-state index contributed by atoms with van der Waals surface area (Å²) in [5.74, 6) is 0.254.